The van der Waals surface area contributed by atoms with Gasteiger partial charge in [-0.2, -0.15) is 9.13 Å². The minimum atomic E-state index is -6.00. The first-order valence-corrected chi connectivity index (χ1v) is 8.60. The molecule has 0 aliphatic carbocycles. The second-order valence-corrected chi connectivity index (χ2v) is 5.89. The molecule has 28 heavy (non-hydrogen) atoms. The van der Waals surface area contributed by atoms with Gasteiger partial charge in [-0.1, -0.05) is 54.6 Å². The molecule has 0 fully saturated rings. The molecule has 0 N–H and O–H groups in total. The van der Waals surface area contributed by atoms with E-state index in [0.717, 1.165) is 17.2 Å². The van der Waals surface area contributed by atoms with Gasteiger partial charge in [0.15, 0.2) is 0 Å². The van der Waals surface area contributed by atoms with Crippen LogP contribution in [0.4, 0.5) is 17.3 Å². The van der Waals surface area contributed by atoms with E-state index < -0.39 is 7.25 Å². The number of halogens is 4. The van der Waals surface area contributed by atoms with Gasteiger partial charge < -0.3 is 17.3 Å². The first-order chi connectivity index (χ1) is 13.4. The van der Waals surface area contributed by atoms with E-state index in [0.29, 0.717) is 0 Å². The van der Waals surface area contributed by atoms with Crippen LogP contribution in [0.5, 0.6) is 0 Å². The third-order valence-electron chi connectivity index (χ3n) is 3.92. The largest absolute Gasteiger partial charge is 0.673 e. The minimum Gasteiger partial charge on any atom is -0.418 e. The summed E-state index contributed by atoms with van der Waals surface area (Å²) in [5.41, 5.74) is 3.49. The lowest BCUT2D eigenvalue weighted by atomic mass is 10.2. The van der Waals surface area contributed by atoms with Crippen molar-refractivity contribution < 1.29 is 21.8 Å². The number of benzene rings is 3. The topological polar surface area (TPSA) is 8.81 Å². The summed E-state index contributed by atoms with van der Waals surface area (Å²) in [4.78, 5) is 0. The molecule has 1 heterocycles. The van der Waals surface area contributed by atoms with Crippen molar-refractivity contribution in [1.29, 1.82) is 0 Å². The number of rotatable bonds is 3. The summed E-state index contributed by atoms with van der Waals surface area (Å²) in [6.45, 7) is 0. The van der Waals surface area contributed by atoms with E-state index in [-0.39, 0.29) is 0 Å². The number of nitrogens with zero attached hydrogens (tertiary/aromatic N) is 2. The summed E-state index contributed by atoms with van der Waals surface area (Å²) in [7, 11) is -6.00. The fraction of sp³-hybridized carbons (Fsp3) is 0. The second-order valence-electron chi connectivity index (χ2n) is 5.89. The average molecular weight is 384 g/mol. The lowest BCUT2D eigenvalue weighted by Crippen LogP contribution is -2.31. The van der Waals surface area contributed by atoms with Crippen LogP contribution in [0, 0.1) is 0 Å². The fourth-order valence-electron chi connectivity index (χ4n) is 2.85. The van der Waals surface area contributed by atoms with E-state index in [1.165, 1.54) is 5.56 Å². The third-order valence-corrected chi connectivity index (χ3v) is 3.92. The molecule has 0 saturated carbocycles. The van der Waals surface area contributed by atoms with E-state index in [9.17, 15) is 17.3 Å². The predicted octanol–water partition coefficient (Wildman–Crippen LogP) is 5.72. The zero-order chi connectivity index (χ0) is 20.0. The van der Waals surface area contributed by atoms with Gasteiger partial charge in [-0.05, 0) is 36.4 Å². The molecular weight excluding hydrogens is 367 g/mol. The number of hydrogen-bond donors (Lipinski definition) is 0. The molecule has 0 amide bonds. The van der Waals surface area contributed by atoms with Crippen molar-refractivity contribution in [2.24, 2.45) is 0 Å². The minimum absolute atomic E-state index is 1.14. The molecule has 0 unspecified atom stereocenters. The van der Waals surface area contributed by atoms with Gasteiger partial charge in [0, 0.05) is 0 Å². The molecule has 4 aromatic rings. The van der Waals surface area contributed by atoms with Crippen LogP contribution in [0.1, 0.15) is 0 Å². The molecule has 0 aliphatic rings. The van der Waals surface area contributed by atoms with Crippen molar-refractivity contribution in [2.75, 3.05) is 0 Å². The number of imidazole rings is 1. The van der Waals surface area contributed by atoms with Crippen LogP contribution in [0.25, 0.3) is 22.8 Å². The number of hydrogen-bond acceptors (Lipinski definition) is 0. The second kappa shape index (κ2) is 8.56. The summed E-state index contributed by atoms with van der Waals surface area (Å²) in [6.07, 6.45) is 4.23. The van der Waals surface area contributed by atoms with Gasteiger partial charge in [-0.15, -0.1) is 0 Å². The predicted molar refractivity (Wildman–Crippen MR) is 103 cm³/mol. The molecule has 0 spiro atoms. The van der Waals surface area contributed by atoms with Crippen LogP contribution in [0.15, 0.2) is 103 Å². The normalized spacial score (nSPS) is 10.9. The smallest absolute Gasteiger partial charge is 0.418 e. The van der Waals surface area contributed by atoms with Crippen LogP contribution in [0.2, 0.25) is 0 Å². The SMILES string of the molecule is F[B-](F)(F)F.c1ccc(-c2n(-c3ccccc3)cc[n+]2-c2ccccc2)cc1. The van der Waals surface area contributed by atoms with Crippen LogP contribution >= 0.6 is 0 Å². The Morgan fingerprint density at radius 2 is 1.11 bits per heavy atom. The molecule has 7 heteroatoms. The molecule has 0 radical (unpaired) electrons. The Hall–Kier alpha value is -3.35. The fourth-order valence-corrected chi connectivity index (χ4v) is 2.85. The Balaban J connectivity index is 0.000000403. The maximum Gasteiger partial charge on any atom is 0.673 e. The van der Waals surface area contributed by atoms with E-state index in [2.05, 4.69) is 94.3 Å². The number of para-hydroxylation sites is 2. The van der Waals surface area contributed by atoms with Crippen LogP contribution < -0.4 is 4.57 Å². The van der Waals surface area contributed by atoms with Crippen molar-refractivity contribution in [3.8, 4) is 22.8 Å². The Kier molecular flexibility index (Phi) is 5.94. The van der Waals surface area contributed by atoms with E-state index >= 15 is 0 Å². The highest BCUT2D eigenvalue weighted by Gasteiger charge is 2.22. The Labute approximate surface area is 160 Å². The molecule has 142 valence electrons. The first kappa shape index (κ1) is 19.4. The van der Waals surface area contributed by atoms with Crippen LogP contribution in [0.3, 0.4) is 0 Å². The molecule has 0 aliphatic heterocycles. The van der Waals surface area contributed by atoms with Gasteiger partial charge in [0.25, 0.3) is 5.82 Å². The van der Waals surface area contributed by atoms with Crippen molar-refractivity contribution in [1.82, 2.24) is 4.57 Å². The van der Waals surface area contributed by atoms with Gasteiger partial charge >= 0.3 is 7.25 Å². The highest BCUT2D eigenvalue weighted by atomic mass is 19.5. The Morgan fingerprint density at radius 1 is 0.643 bits per heavy atom. The first-order valence-electron chi connectivity index (χ1n) is 8.60. The maximum atomic E-state index is 9.75. The monoisotopic (exact) mass is 384 g/mol. The summed E-state index contributed by atoms with van der Waals surface area (Å²) < 4.78 is 43.4. The average Bonchev–Trinajstić information content (AvgIpc) is 3.14. The zero-order valence-corrected chi connectivity index (χ0v) is 14.8. The summed E-state index contributed by atoms with van der Waals surface area (Å²) >= 11 is 0. The Bertz CT molecular complexity index is 938. The third kappa shape index (κ3) is 5.10. The molecule has 2 nitrogen and oxygen atoms in total. The van der Waals surface area contributed by atoms with Gasteiger partial charge in [0.05, 0.1) is 5.56 Å². The van der Waals surface area contributed by atoms with Gasteiger partial charge in [-0.25, -0.2) is 0 Å². The molecule has 0 bridgehead atoms. The molecular formula is C21H17BF4N2. The molecule has 3 aromatic carbocycles. The highest BCUT2D eigenvalue weighted by Crippen LogP contribution is 2.21. The quantitative estimate of drug-likeness (QED) is 0.243. The van der Waals surface area contributed by atoms with Gasteiger partial charge in [-0.3, -0.25) is 0 Å². The van der Waals surface area contributed by atoms with E-state index in [4.69, 9.17) is 0 Å². The zero-order valence-electron chi connectivity index (χ0n) is 14.8. The van der Waals surface area contributed by atoms with Crippen molar-refractivity contribution in [3.05, 3.63) is 103 Å². The van der Waals surface area contributed by atoms with Crippen molar-refractivity contribution >= 4 is 7.25 Å². The Morgan fingerprint density at radius 3 is 1.64 bits per heavy atom. The summed E-state index contributed by atoms with van der Waals surface area (Å²) in [5, 5.41) is 0. The van der Waals surface area contributed by atoms with Crippen LogP contribution in [-0.4, -0.2) is 11.8 Å². The van der Waals surface area contributed by atoms with E-state index in [1.807, 2.05) is 18.2 Å². The standard InChI is InChI=1S/C21H17N2.BF4/c1-4-10-18(11-5-1)21-22(19-12-6-2-7-13-19)16-17-23(21)20-14-8-3-9-15-20;2-1(3,4)5/h1-17H;/q+1;-1. The van der Waals surface area contributed by atoms with Crippen molar-refractivity contribution in [2.45, 2.75) is 0 Å². The van der Waals surface area contributed by atoms with E-state index in [1.54, 1.807) is 0 Å². The summed E-state index contributed by atoms with van der Waals surface area (Å²) in [6, 6.07) is 31.4. The molecule has 0 atom stereocenters. The van der Waals surface area contributed by atoms with Gasteiger partial charge in [0.2, 0.25) is 0 Å². The molecule has 0 saturated heterocycles. The van der Waals surface area contributed by atoms with Crippen molar-refractivity contribution in [3.63, 3.8) is 0 Å². The lowest BCUT2D eigenvalue weighted by Gasteiger charge is -2.05. The molecule has 4 rings (SSSR count). The lowest BCUT2D eigenvalue weighted by molar-refractivity contribution is -0.582. The highest BCUT2D eigenvalue weighted by molar-refractivity contribution is 6.50. The number of aromatic nitrogens is 2. The summed E-state index contributed by atoms with van der Waals surface area (Å²) in [5.74, 6) is 1.14. The van der Waals surface area contributed by atoms with Crippen LogP contribution in [-0.2, 0) is 0 Å². The van der Waals surface area contributed by atoms with Gasteiger partial charge in [0.1, 0.15) is 23.8 Å². The maximum absolute atomic E-state index is 9.75. The molecule has 1 aromatic heterocycles.